The summed E-state index contributed by atoms with van der Waals surface area (Å²) in [6.07, 6.45) is 3.74. The number of carbonyl (C=O) groups excluding carboxylic acids is 1. The summed E-state index contributed by atoms with van der Waals surface area (Å²) in [5.41, 5.74) is 8.44. The normalized spacial score (nSPS) is 20.3. The molecule has 1 fully saturated rings. The molecule has 0 spiro atoms. The van der Waals surface area contributed by atoms with E-state index in [1.807, 2.05) is 18.3 Å². The second-order valence-electron chi connectivity index (χ2n) is 8.59. The van der Waals surface area contributed by atoms with Gasteiger partial charge in [0.25, 0.3) is 5.91 Å². The summed E-state index contributed by atoms with van der Waals surface area (Å²) < 4.78 is 39.0. The van der Waals surface area contributed by atoms with Crippen LogP contribution in [0.4, 0.5) is 5.69 Å². The topological polar surface area (TPSA) is 122 Å². The van der Waals surface area contributed by atoms with E-state index >= 15 is 0 Å². The van der Waals surface area contributed by atoms with Crippen molar-refractivity contribution in [2.24, 2.45) is 5.73 Å². The summed E-state index contributed by atoms with van der Waals surface area (Å²) in [4.78, 5) is 15.6. The zero-order chi connectivity index (χ0) is 27.3. The van der Waals surface area contributed by atoms with Crippen molar-refractivity contribution < 1.29 is 19.3 Å². The van der Waals surface area contributed by atoms with E-state index in [1.165, 1.54) is 24.3 Å². The van der Waals surface area contributed by atoms with Gasteiger partial charge in [0, 0.05) is 28.2 Å². The van der Waals surface area contributed by atoms with Crippen molar-refractivity contribution >= 4 is 33.5 Å². The molecule has 0 bridgehead atoms. The van der Waals surface area contributed by atoms with Crippen LogP contribution in [0.1, 0.15) is 40.0 Å². The molecule has 4 aromatic rings. The van der Waals surface area contributed by atoms with E-state index < -0.39 is 36.6 Å². The molecule has 1 saturated heterocycles. The Morgan fingerprint density at radius 2 is 2.06 bits per heavy atom. The van der Waals surface area contributed by atoms with Crippen molar-refractivity contribution in [1.82, 2.24) is 4.98 Å². The van der Waals surface area contributed by atoms with Gasteiger partial charge in [-0.15, -0.1) is 0 Å². The maximum Gasteiger partial charge on any atom is 0.284 e. The van der Waals surface area contributed by atoms with Crippen LogP contribution in [0.15, 0.2) is 53.1 Å². The highest BCUT2D eigenvalue weighted by Crippen LogP contribution is 2.27. The molecule has 5 rings (SSSR count). The molecule has 174 valence electrons. The molecule has 8 heteroatoms. The average molecular weight is 462 g/mol. The Hall–Kier alpha value is -3.80. The number of benzene rings is 2. The molecule has 0 aliphatic carbocycles. The Morgan fingerprint density at radius 3 is 2.82 bits per heavy atom. The minimum absolute atomic E-state index is 0.0461. The minimum Gasteiger partial charge on any atom is -0.633 e. The zero-order valence-corrected chi connectivity index (χ0v) is 18.5. The van der Waals surface area contributed by atoms with Crippen molar-refractivity contribution in [2.75, 3.05) is 37.5 Å². The van der Waals surface area contributed by atoms with E-state index in [2.05, 4.69) is 11.1 Å². The van der Waals surface area contributed by atoms with Crippen LogP contribution in [0.5, 0.6) is 0 Å². The number of aromatic nitrogens is 1. The molecule has 3 N–H and O–H groups in total. The maximum absolute atomic E-state index is 13.6. The molecule has 1 aliphatic rings. The van der Waals surface area contributed by atoms with Crippen molar-refractivity contribution in [3.05, 3.63) is 70.8 Å². The summed E-state index contributed by atoms with van der Waals surface area (Å²) >= 11 is 0. The van der Waals surface area contributed by atoms with Crippen LogP contribution in [-0.2, 0) is 6.42 Å². The SMILES string of the molecule is [2H]C1([2H])C[N+]([O-])(CCCCc2c[nH]c3ccc(C#N)cc23)CC([2H])([2H])N1c1ccc2oc(C(N)=O)cc2c1. The fourth-order valence-electron chi connectivity index (χ4n) is 4.31. The predicted octanol–water partition coefficient (Wildman–Crippen LogP) is 4.04. The third-order valence-electron chi connectivity index (χ3n) is 6.19. The van der Waals surface area contributed by atoms with Crippen LogP contribution in [0.3, 0.4) is 0 Å². The number of nitrogens with zero attached hydrogens (tertiary/aromatic N) is 3. The van der Waals surface area contributed by atoms with Crippen LogP contribution in [0, 0.1) is 16.5 Å². The standard InChI is InChI=1S/C26H27N5O3/c27-16-18-4-6-23-22(13-18)19(17-29-23)3-1-2-10-31(33)11-8-30(9-12-31)21-5-7-24-20(14-21)15-25(34-24)26(28)32/h4-7,13-15,17,29H,1-3,8-12H2,(H2,28,32)/i8D2,9D2. The Bertz CT molecular complexity index is 1550. The Labute approximate surface area is 202 Å². The maximum atomic E-state index is 13.6. The largest absolute Gasteiger partial charge is 0.633 e. The van der Waals surface area contributed by atoms with E-state index in [1.54, 1.807) is 6.07 Å². The first-order valence-electron chi connectivity index (χ1n) is 13.1. The number of piperazine rings is 1. The van der Waals surface area contributed by atoms with Gasteiger partial charge in [0.2, 0.25) is 0 Å². The monoisotopic (exact) mass is 461 g/mol. The third-order valence-corrected chi connectivity index (χ3v) is 6.19. The molecule has 0 unspecified atom stereocenters. The number of primary amides is 1. The third kappa shape index (κ3) is 4.36. The highest BCUT2D eigenvalue weighted by atomic mass is 16.5. The van der Waals surface area contributed by atoms with Gasteiger partial charge in [-0.1, -0.05) is 0 Å². The molecule has 0 atom stereocenters. The molecule has 34 heavy (non-hydrogen) atoms. The number of fused-ring (bicyclic) bond motifs is 2. The molecule has 3 heterocycles. The number of rotatable bonds is 7. The lowest BCUT2D eigenvalue weighted by Gasteiger charge is -2.49. The number of nitrogens with one attached hydrogen (secondary N) is 1. The van der Waals surface area contributed by atoms with Crippen molar-refractivity contribution in [3.8, 4) is 6.07 Å². The van der Waals surface area contributed by atoms with E-state index in [0.29, 0.717) is 35.8 Å². The van der Waals surface area contributed by atoms with E-state index in [4.69, 9.17) is 15.6 Å². The van der Waals surface area contributed by atoms with Gasteiger partial charge in [0.1, 0.15) is 5.58 Å². The van der Waals surface area contributed by atoms with Crippen LogP contribution in [-0.4, -0.2) is 48.2 Å². The van der Waals surface area contributed by atoms with Gasteiger partial charge in [0.05, 0.1) is 49.7 Å². The Balaban J connectivity index is 1.29. The molecule has 1 aliphatic heterocycles. The first-order valence-corrected chi connectivity index (χ1v) is 11.1. The lowest BCUT2D eigenvalue weighted by Crippen LogP contribution is -2.56. The fraction of sp³-hybridized carbons (Fsp3) is 0.308. The first kappa shape index (κ1) is 17.6. The molecule has 8 nitrogen and oxygen atoms in total. The van der Waals surface area contributed by atoms with Crippen LogP contribution in [0.2, 0.25) is 0 Å². The second kappa shape index (κ2) is 8.86. The molecule has 1 amide bonds. The predicted molar refractivity (Wildman–Crippen MR) is 131 cm³/mol. The van der Waals surface area contributed by atoms with Gasteiger partial charge < -0.3 is 29.9 Å². The van der Waals surface area contributed by atoms with E-state index in [0.717, 1.165) is 21.4 Å². The van der Waals surface area contributed by atoms with Gasteiger partial charge in [0.15, 0.2) is 5.76 Å². The number of nitrogens with two attached hydrogens (primary N) is 1. The number of nitriles is 1. The zero-order valence-electron chi connectivity index (χ0n) is 22.5. The number of unbranched alkanes of at least 4 members (excludes halogenated alkanes) is 1. The average Bonchev–Trinajstić information content (AvgIpc) is 3.43. The van der Waals surface area contributed by atoms with Gasteiger partial charge in [-0.05, 0) is 67.3 Å². The molecular weight excluding hydrogens is 430 g/mol. The van der Waals surface area contributed by atoms with Crippen molar-refractivity contribution in [3.63, 3.8) is 0 Å². The van der Waals surface area contributed by atoms with Gasteiger partial charge in [-0.3, -0.25) is 4.79 Å². The van der Waals surface area contributed by atoms with Crippen LogP contribution < -0.4 is 10.6 Å². The second-order valence-corrected chi connectivity index (χ2v) is 8.59. The molecule has 2 aromatic carbocycles. The number of hydrogen-bond donors (Lipinski definition) is 2. The summed E-state index contributed by atoms with van der Waals surface area (Å²) in [5.74, 6) is -0.786. The number of aryl methyl sites for hydroxylation is 1. The Morgan fingerprint density at radius 1 is 1.24 bits per heavy atom. The summed E-state index contributed by atoms with van der Waals surface area (Å²) in [7, 11) is 0. The number of hydroxylamine groups is 3. The number of furan rings is 1. The number of amides is 1. The highest BCUT2D eigenvalue weighted by Gasteiger charge is 2.25. The number of anilines is 1. The minimum atomic E-state index is -2.27. The lowest BCUT2D eigenvalue weighted by molar-refractivity contribution is -0.881. The number of H-pyrrole nitrogens is 1. The van der Waals surface area contributed by atoms with E-state index in [-0.39, 0.29) is 18.0 Å². The molecule has 0 saturated carbocycles. The van der Waals surface area contributed by atoms with Gasteiger partial charge in [-0.25, -0.2) is 0 Å². The van der Waals surface area contributed by atoms with Crippen molar-refractivity contribution in [2.45, 2.75) is 19.3 Å². The molecule has 2 aromatic heterocycles. The highest BCUT2D eigenvalue weighted by molar-refractivity contribution is 5.95. The summed E-state index contributed by atoms with van der Waals surface area (Å²) in [5, 5.41) is 24.2. The lowest BCUT2D eigenvalue weighted by atomic mass is 10.0. The number of aromatic amines is 1. The fourth-order valence-corrected chi connectivity index (χ4v) is 4.31. The molecule has 0 radical (unpaired) electrons. The van der Waals surface area contributed by atoms with Crippen molar-refractivity contribution in [1.29, 1.82) is 5.26 Å². The first-order chi connectivity index (χ1) is 17.9. The number of carbonyl (C=O) groups is 1. The van der Waals surface area contributed by atoms with Crippen LogP contribution >= 0.6 is 0 Å². The van der Waals surface area contributed by atoms with E-state index in [9.17, 15) is 15.3 Å². The smallest absolute Gasteiger partial charge is 0.284 e. The number of hydrogen-bond acceptors (Lipinski definition) is 5. The Kier molecular flexibility index (Phi) is 4.60. The number of quaternary nitrogens is 1. The summed E-state index contributed by atoms with van der Waals surface area (Å²) in [6.45, 7) is -5.31. The summed E-state index contributed by atoms with van der Waals surface area (Å²) in [6, 6.07) is 13.6. The van der Waals surface area contributed by atoms with Crippen LogP contribution in [0.25, 0.3) is 21.9 Å². The quantitative estimate of drug-likeness (QED) is 0.244. The van der Waals surface area contributed by atoms with Gasteiger partial charge in [-0.2, -0.15) is 5.26 Å². The van der Waals surface area contributed by atoms with Gasteiger partial charge >= 0.3 is 0 Å². The molecular formula is C26H27N5O3.